The average Bonchev–Trinajstić information content (AvgIpc) is 3.46. The number of rotatable bonds is 15. The van der Waals surface area contributed by atoms with Gasteiger partial charge >= 0.3 is 0 Å². The molecule has 32 heavy (non-hydrogen) atoms. The van der Waals surface area contributed by atoms with E-state index in [4.69, 9.17) is 4.74 Å². The summed E-state index contributed by atoms with van der Waals surface area (Å²) in [6.07, 6.45) is 3.87. The quantitative estimate of drug-likeness (QED) is 0.315. The van der Waals surface area contributed by atoms with Gasteiger partial charge < -0.3 is 20.7 Å². The molecule has 1 aliphatic heterocycles. The largest absolute Gasteiger partial charge is 0.361 e. The Balaban J connectivity index is 2.93. The van der Waals surface area contributed by atoms with Gasteiger partial charge in [0.1, 0.15) is 17.7 Å². The van der Waals surface area contributed by atoms with Gasteiger partial charge in [0, 0.05) is 6.42 Å². The predicted molar refractivity (Wildman–Crippen MR) is 127 cm³/mol. The van der Waals surface area contributed by atoms with Crippen molar-refractivity contribution in [1.82, 2.24) is 16.0 Å². The van der Waals surface area contributed by atoms with Crippen LogP contribution in [0.25, 0.3) is 0 Å². The van der Waals surface area contributed by atoms with Crippen LogP contribution < -0.4 is 16.0 Å². The van der Waals surface area contributed by atoms with Gasteiger partial charge in [-0.25, -0.2) is 0 Å². The molecule has 1 saturated heterocycles. The number of carbonyl (C=O) groups excluding carboxylic acids is 4. The Morgan fingerprint density at radius 2 is 1.59 bits per heavy atom. The van der Waals surface area contributed by atoms with Gasteiger partial charge in [-0.3, -0.25) is 19.2 Å². The molecule has 4 atom stereocenters. The van der Waals surface area contributed by atoms with Crippen molar-refractivity contribution in [2.24, 2.45) is 11.8 Å². The highest BCUT2D eigenvalue weighted by Crippen LogP contribution is 2.29. The number of hydrogen-bond acceptors (Lipinski definition) is 6. The molecule has 0 unspecified atom stereocenters. The third-order valence-electron chi connectivity index (χ3n) is 5.42. The molecule has 184 valence electrons. The highest BCUT2D eigenvalue weighted by atomic mass is 32.2. The van der Waals surface area contributed by atoms with E-state index >= 15 is 0 Å². The number of nitrogens with one attached hydrogen (secondary N) is 3. The monoisotopic (exact) mass is 471 g/mol. The number of hydrogen-bond donors (Lipinski definition) is 3. The fourth-order valence-electron chi connectivity index (χ4n) is 3.37. The molecule has 0 spiro atoms. The van der Waals surface area contributed by atoms with Crippen molar-refractivity contribution in [2.45, 2.75) is 91.0 Å². The minimum Gasteiger partial charge on any atom is -0.361 e. The number of epoxide rings is 1. The number of thioether (sulfide) groups is 1. The summed E-state index contributed by atoms with van der Waals surface area (Å²) in [5.41, 5.74) is -0.836. The van der Waals surface area contributed by atoms with E-state index in [0.717, 1.165) is 0 Å². The molecule has 8 nitrogen and oxygen atoms in total. The van der Waals surface area contributed by atoms with E-state index < -0.39 is 35.5 Å². The van der Waals surface area contributed by atoms with E-state index in [9.17, 15) is 19.2 Å². The van der Waals surface area contributed by atoms with Crippen LogP contribution in [0.1, 0.15) is 67.2 Å². The Bertz CT molecular complexity index is 664. The molecule has 0 aliphatic carbocycles. The molecule has 0 aromatic rings. The Morgan fingerprint density at radius 3 is 2.06 bits per heavy atom. The van der Waals surface area contributed by atoms with Gasteiger partial charge in [0.15, 0.2) is 5.78 Å². The molecule has 1 aliphatic rings. The Hall–Kier alpha value is -1.61. The van der Waals surface area contributed by atoms with Gasteiger partial charge in [0.2, 0.25) is 17.7 Å². The van der Waals surface area contributed by atoms with Crippen LogP contribution in [0, 0.1) is 11.8 Å². The highest BCUT2D eigenvalue weighted by Gasteiger charge is 2.50. The van der Waals surface area contributed by atoms with Crippen LogP contribution >= 0.6 is 11.8 Å². The molecule has 0 saturated carbocycles. The van der Waals surface area contributed by atoms with E-state index in [1.165, 1.54) is 0 Å². The zero-order valence-electron chi connectivity index (χ0n) is 20.6. The summed E-state index contributed by atoms with van der Waals surface area (Å²) in [5.74, 6) is -0.385. The molecular formula is C23H41N3O5S. The summed E-state index contributed by atoms with van der Waals surface area (Å²) in [6.45, 7) is 11.7. The summed E-state index contributed by atoms with van der Waals surface area (Å²) in [7, 11) is 0. The summed E-state index contributed by atoms with van der Waals surface area (Å²) in [4.78, 5) is 51.0. The Morgan fingerprint density at radius 1 is 1.00 bits per heavy atom. The zero-order chi connectivity index (χ0) is 24.5. The van der Waals surface area contributed by atoms with Crippen molar-refractivity contribution in [3.63, 3.8) is 0 Å². The van der Waals surface area contributed by atoms with Crippen LogP contribution in [0.4, 0.5) is 0 Å². The van der Waals surface area contributed by atoms with Gasteiger partial charge in [-0.15, -0.1) is 0 Å². The first kappa shape index (κ1) is 28.4. The molecule has 0 aromatic carbocycles. The summed E-state index contributed by atoms with van der Waals surface area (Å²) in [5, 5.41) is 8.44. The lowest BCUT2D eigenvalue weighted by molar-refractivity contribution is -0.135. The van der Waals surface area contributed by atoms with Crippen molar-refractivity contribution in [1.29, 1.82) is 0 Å². The summed E-state index contributed by atoms with van der Waals surface area (Å²) >= 11 is 1.57. The molecule has 9 heteroatoms. The van der Waals surface area contributed by atoms with Crippen molar-refractivity contribution >= 4 is 35.3 Å². The van der Waals surface area contributed by atoms with Crippen LogP contribution in [0.5, 0.6) is 0 Å². The molecule has 1 heterocycles. The van der Waals surface area contributed by atoms with Gasteiger partial charge in [-0.2, -0.15) is 11.8 Å². The minimum absolute atomic E-state index is 0.137. The number of amides is 3. The van der Waals surface area contributed by atoms with Crippen molar-refractivity contribution in [2.75, 3.05) is 18.6 Å². The van der Waals surface area contributed by atoms with Crippen molar-refractivity contribution in [3.8, 4) is 0 Å². The lowest BCUT2D eigenvalue weighted by Crippen LogP contribution is -2.57. The first-order valence-electron chi connectivity index (χ1n) is 11.5. The van der Waals surface area contributed by atoms with Crippen LogP contribution in [0.2, 0.25) is 0 Å². The molecule has 0 bridgehead atoms. The van der Waals surface area contributed by atoms with Crippen LogP contribution in [-0.4, -0.2) is 65.8 Å². The third kappa shape index (κ3) is 9.10. The average molecular weight is 472 g/mol. The number of carbonyl (C=O) groups is 4. The fraction of sp³-hybridized carbons (Fsp3) is 0.826. The molecule has 3 N–H and O–H groups in total. The molecule has 0 radical (unpaired) electrons. The third-order valence-corrected chi connectivity index (χ3v) is 6.07. The topological polar surface area (TPSA) is 117 Å². The van der Waals surface area contributed by atoms with E-state index in [1.54, 1.807) is 18.7 Å². The van der Waals surface area contributed by atoms with Gasteiger partial charge in [-0.05, 0) is 50.0 Å². The number of ketones is 1. The van der Waals surface area contributed by atoms with Gasteiger partial charge in [-0.1, -0.05) is 34.6 Å². The second kappa shape index (κ2) is 13.2. The molecule has 0 aromatic heterocycles. The highest BCUT2D eigenvalue weighted by molar-refractivity contribution is 7.98. The van der Waals surface area contributed by atoms with E-state index in [1.807, 2.05) is 40.9 Å². The normalized spacial score (nSPS) is 20.4. The molecule has 1 fully saturated rings. The summed E-state index contributed by atoms with van der Waals surface area (Å²) in [6, 6.07) is -2.20. The summed E-state index contributed by atoms with van der Waals surface area (Å²) < 4.78 is 5.29. The Kier molecular flexibility index (Phi) is 11.7. The molecule has 1 rings (SSSR count). The maximum absolute atomic E-state index is 13.1. The van der Waals surface area contributed by atoms with Gasteiger partial charge in [0.25, 0.3) is 0 Å². The van der Waals surface area contributed by atoms with Gasteiger partial charge in [0.05, 0.1) is 12.6 Å². The van der Waals surface area contributed by atoms with Crippen LogP contribution in [0.15, 0.2) is 0 Å². The second-order valence-corrected chi connectivity index (χ2v) is 10.4. The second-order valence-electron chi connectivity index (χ2n) is 9.46. The minimum atomic E-state index is -0.836. The molecular weight excluding hydrogens is 430 g/mol. The predicted octanol–water partition coefficient (Wildman–Crippen LogP) is 2.05. The van der Waals surface area contributed by atoms with Crippen molar-refractivity contribution < 1.29 is 23.9 Å². The first-order chi connectivity index (χ1) is 14.9. The molecule has 3 amide bonds. The zero-order valence-corrected chi connectivity index (χ0v) is 21.4. The number of ether oxygens (including phenoxy) is 1. The standard InChI is InChI=1S/C23H41N3O5S/c1-8-9-18(27)26-19(15(4)5)22(30)24-16(10-11-32-7)21(29)25-17(12-14(2)3)20(28)23(6)13-31-23/h14-17,19H,8-13H2,1-7H3,(H,24,30)(H,25,29)(H,26,27)/t16-,17-,19-,23+/m0/s1. The maximum Gasteiger partial charge on any atom is 0.243 e. The smallest absolute Gasteiger partial charge is 0.243 e. The van der Waals surface area contributed by atoms with Crippen LogP contribution in [-0.2, 0) is 23.9 Å². The Labute approximate surface area is 196 Å². The van der Waals surface area contributed by atoms with Crippen molar-refractivity contribution in [3.05, 3.63) is 0 Å². The van der Waals surface area contributed by atoms with E-state index in [-0.39, 0.29) is 23.5 Å². The maximum atomic E-state index is 13.1. The lowest BCUT2D eigenvalue weighted by Gasteiger charge is -2.27. The van der Waals surface area contributed by atoms with E-state index in [0.29, 0.717) is 38.0 Å². The van der Waals surface area contributed by atoms with E-state index in [2.05, 4.69) is 16.0 Å². The first-order valence-corrected chi connectivity index (χ1v) is 12.9. The lowest BCUT2D eigenvalue weighted by atomic mass is 9.93. The SMILES string of the molecule is CCCC(=O)N[C@H](C(=O)N[C@@H](CCSC)C(=O)N[C@@H](CC(C)C)C(=O)[C@@]1(C)CO1)C(C)C. The van der Waals surface area contributed by atoms with Crippen LogP contribution in [0.3, 0.4) is 0 Å². The number of Topliss-reactive ketones (excluding diaryl/α,β-unsaturated/α-hetero) is 1. The fourth-order valence-corrected chi connectivity index (χ4v) is 3.84.